The summed E-state index contributed by atoms with van der Waals surface area (Å²) in [6.07, 6.45) is -0.101. The molecule has 5 rings (SSSR count). The molecule has 0 fully saturated rings. The quantitative estimate of drug-likeness (QED) is 0.517. The van der Waals surface area contributed by atoms with E-state index in [0.29, 0.717) is 49.8 Å². The lowest BCUT2D eigenvalue weighted by Crippen LogP contribution is -2.39. The maximum absolute atomic E-state index is 13.1. The van der Waals surface area contributed by atoms with Crippen LogP contribution in [-0.2, 0) is 24.3 Å². The van der Waals surface area contributed by atoms with Crippen molar-refractivity contribution in [2.45, 2.75) is 32.7 Å². The number of methoxy groups -OCH3 is 1. The van der Waals surface area contributed by atoms with Crippen LogP contribution in [0.4, 0.5) is 9.80 Å². The topological polar surface area (TPSA) is 89.1 Å². The van der Waals surface area contributed by atoms with Crippen LogP contribution in [0.3, 0.4) is 0 Å². The van der Waals surface area contributed by atoms with E-state index in [1.54, 1.807) is 18.9 Å². The molecule has 0 saturated heterocycles. The van der Waals surface area contributed by atoms with Gasteiger partial charge in [-0.05, 0) is 42.2 Å². The minimum Gasteiger partial charge on any atom is -0.493 e. The molecule has 2 aliphatic heterocycles. The number of hydrogen-bond donors (Lipinski definition) is 2. The van der Waals surface area contributed by atoms with Gasteiger partial charge >= 0.3 is 6.09 Å². The molecular formula is C26H27N3O5S. The normalized spacial score (nSPS) is 16.5. The van der Waals surface area contributed by atoms with E-state index in [9.17, 15) is 9.59 Å². The van der Waals surface area contributed by atoms with Crippen molar-refractivity contribution in [2.75, 3.05) is 25.6 Å². The van der Waals surface area contributed by atoms with E-state index >= 15 is 0 Å². The van der Waals surface area contributed by atoms with Crippen molar-refractivity contribution in [2.24, 2.45) is 0 Å². The van der Waals surface area contributed by atoms with E-state index in [0.717, 1.165) is 26.6 Å². The summed E-state index contributed by atoms with van der Waals surface area (Å²) in [6.45, 7) is 3.55. The molecule has 2 aliphatic rings. The zero-order chi connectivity index (χ0) is 24.4. The Labute approximate surface area is 207 Å². The summed E-state index contributed by atoms with van der Waals surface area (Å²) in [4.78, 5) is 28.0. The summed E-state index contributed by atoms with van der Waals surface area (Å²) in [5.74, 6) is 1.11. The Morgan fingerprint density at radius 3 is 2.74 bits per heavy atom. The number of benzene rings is 2. The molecule has 0 aliphatic carbocycles. The van der Waals surface area contributed by atoms with Crippen LogP contribution in [0, 0.1) is 0 Å². The molecule has 2 amide bonds. The van der Waals surface area contributed by atoms with E-state index in [2.05, 4.69) is 10.6 Å². The molecule has 2 N–H and O–H groups in total. The third-order valence-electron chi connectivity index (χ3n) is 6.12. The summed E-state index contributed by atoms with van der Waals surface area (Å²) in [6, 6.07) is 15.6. The summed E-state index contributed by atoms with van der Waals surface area (Å²) in [7, 11) is 1.60. The number of thiophene rings is 1. The average Bonchev–Trinajstić information content (AvgIpc) is 3.26. The second-order valence-electron chi connectivity index (χ2n) is 8.31. The first-order valence-electron chi connectivity index (χ1n) is 11.6. The van der Waals surface area contributed by atoms with E-state index < -0.39 is 6.17 Å². The van der Waals surface area contributed by atoms with Crippen molar-refractivity contribution in [1.29, 1.82) is 0 Å². The number of rotatable bonds is 6. The first-order chi connectivity index (χ1) is 17.1. The van der Waals surface area contributed by atoms with Gasteiger partial charge in [-0.1, -0.05) is 36.4 Å². The zero-order valence-corrected chi connectivity index (χ0v) is 20.4. The molecule has 0 bridgehead atoms. The number of nitrogens with zero attached hydrogens (tertiary/aromatic N) is 1. The van der Waals surface area contributed by atoms with Gasteiger partial charge in [-0.25, -0.2) is 4.79 Å². The Morgan fingerprint density at radius 2 is 1.97 bits per heavy atom. The second-order valence-corrected chi connectivity index (χ2v) is 9.42. The number of anilines is 1. The van der Waals surface area contributed by atoms with Crippen molar-refractivity contribution in [1.82, 2.24) is 10.2 Å². The first-order valence-corrected chi connectivity index (χ1v) is 12.4. The van der Waals surface area contributed by atoms with E-state index in [4.69, 9.17) is 14.2 Å². The van der Waals surface area contributed by atoms with E-state index in [1.807, 2.05) is 48.5 Å². The standard InChI is InChI=1S/C26H27N3O5S/c1-3-33-26(31)29-12-11-18-21(14-29)35-25-22(18)24(30)27-23(28-25)17-9-10-19(20(13-17)32-2)34-15-16-7-5-4-6-8-16/h4-10,13,23,28H,3,11-12,14-15H2,1-2H3,(H,27,30)/t23-/m1/s1. The highest BCUT2D eigenvalue weighted by Gasteiger charge is 2.34. The Morgan fingerprint density at radius 1 is 1.14 bits per heavy atom. The number of ether oxygens (including phenoxy) is 3. The molecule has 1 atom stereocenters. The summed E-state index contributed by atoms with van der Waals surface area (Å²) < 4.78 is 16.7. The number of fused-ring (bicyclic) bond motifs is 3. The number of hydrogen-bond acceptors (Lipinski definition) is 7. The smallest absolute Gasteiger partial charge is 0.410 e. The number of amides is 2. The minimum atomic E-state index is -0.409. The largest absolute Gasteiger partial charge is 0.493 e. The van der Waals surface area contributed by atoms with Gasteiger partial charge in [0, 0.05) is 11.4 Å². The zero-order valence-electron chi connectivity index (χ0n) is 19.6. The van der Waals surface area contributed by atoms with Gasteiger partial charge in [-0.3, -0.25) is 4.79 Å². The molecule has 2 aromatic carbocycles. The van der Waals surface area contributed by atoms with Gasteiger partial charge in [0.2, 0.25) is 0 Å². The lowest BCUT2D eigenvalue weighted by atomic mass is 10.0. The van der Waals surface area contributed by atoms with Crippen molar-refractivity contribution >= 4 is 28.3 Å². The highest BCUT2D eigenvalue weighted by Crippen LogP contribution is 2.41. The molecular weight excluding hydrogens is 466 g/mol. The lowest BCUT2D eigenvalue weighted by molar-refractivity contribution is 0.0934. The van der Waals surface area contributed by atoms with Gasteiger partial charge in [0.25, 0.3) is 5.91 Å². The molecule has 35 heavy (non-hydrogen) atoms. The minimum absolute atomic E-state index is 0.116. The van der Waals surface area contributed by atoms with Crippen LogP contribution >= 0.6 is 11.3 Å². The van der Waals surface area contributed by atoms with Crippen molar-refractivity contribution in [3.8, 4) is 11.5 Å². The Balaban J connectivity index is 1.33. The molecule has 1 aromatic heterocycles. The predicted molar refractivity (Wildman–Crippen MR) is 133 cm³/mol. The van der Waals surface area contributed by atoms with E-state index in [-0.39, 0.29) is 12.0 Å². The molecule has 3 aromatic rings. The number of carbonyl (C=O) groups excluding carboxylic acids is 2. The molecule has 3 heterocycles. The molecule has 0 spiro atoms. The van der Waals surface area contributed by atoms with Gasteiger partial charge in [-0.2, -0.15) is 0 Å². The van der Waals surface area contributed by atoms with Crippen LogP contribution in [0.15, 0.2) is 48.5 Å². The highest BCUT2D eigenvalue weighted by molar-refractivity contribution is 7.16. The molecule has 0 saturated carbocycles. The summed E-state index contributed by atoms with van der Waals surface area (Å²) >= 11 is 1.52. The van der Waals surface area contributed by atoms with Crippen molar-refractivity contribution < 1.29 is 23.8 Å². The fraction of sp³-hybridized carbons (Fsp3) is 0.308. The number of nitrogens with one attached hydrogen (secondary N) is 2. The summed E-state index contributed by atoms with van der Waals surface area (Å²) in [5, 5.41) is 7.33. The van der Waals surface area contributed by atoms with Crippen LogP contribution in [0.25, 0.3) is 0 Å². The lowest BCUT2D eigenvalue weighted by Gasteiger charge is -2.28. The van der Waals surface area contributed by atoms with Crippen LogP contribution in [0.2, 0.25) is 0 Å². The van der Waals surface area contributed by atoms with Crippen LogP contribution in [0.1, 0.15) is 45.0 Å². The molecule has 0 radical (unpaired) electrons. The van der Waals surface area contributed by atoms with Gasteiger partial charge in [0.05, 0.1) is 25.8 Å². The molecule has 8 nitrogen and oxygen atoms in total. The van der Waals surface area contributed by atoms with E-state index in [1.165, 1.54) is 11.3 Å². The van der Waals surface area contributed by atoms with Gasteiger partial charge in [0.1, 0.15) is 17.8 Å². The van der Waals surface area contributed by atoms with Gasteiger partial charge < -0.3 is 29.7 Å². The Hall–Kier alpha value is -3.72. The van der Waals surface area contributed by atoms with Crippen molar-refractivity contribution in [3.63, 3.8) is 0 Å². The average molecular weight is 494 g/mol. The third kappa shape index (κ3) is 4.64. The predicted octanol–water partition coefficient (Wildman–Crippen LogP) is 4.70. The third-order valence-corrected chi connectivity index (χ3v) is 7.27. The Bertz CT molecular complexity index is 1240. The maximum Gasteiger partial charge on any atom is 0.410 e. The second kappa shape index (κ2) is 9.87. The maximum atomic E-state index is 13.1. The van der Waals surface area contributed by atoms with Gasteiger partial charge in [0.15, 0.2) is 11.5 Å². The summed E-state index contributed by atoms with van der Waals surface area (Å²) in [5.41, 5.74) is 3.61. The monoisotopic (exact) mass is 493 g/mol. The Kier molecular flexibility index (Phi) is 6.50. The number of carbonyl (C=O) groups is 2. The fourth-order valence-electron chi connectivity index (χ4n) is 4.37. The van der Waals surface area contributed by atoms with Gasteiger partial charge in [-0.15, -0.1) is 11.3 Å². The fourth-order valence-corrected chi connectivity index (χ4v) is 5.66. The molecule has 0 unspecified atom stereocenters. The van der Waals surface area contributed by atoms with Crippen LogP contribution < -0.4 is 20.1 Å². The molecule has 182 valence electrons. The van der Waals surface area contributed by atoms with Crippen LogP contribution in [-0.4, -0.2) is 37.2 Å². The molecule has 9 heteroatoms. The SMILES string of the molecule is CCOC(=O)N1CCc2c(sc3c2C(=O)N[C@@H](c2ccc(OCc4ccccc4)c(OC)c2)N3)C1. The first kappa shape index (κ1) is 23.0. The highest BCUT2D eigenvalue weighted by atomic mass is 32.1. The van der Waals surface area contributed by atoms with Crippen molar-refractivity contribution in [3.05, 3.63) is 75.7 Å². The van der Waals surface area contributed by atoms with Crippen LogP contribution in [0.5, 0.6) is 11.5 Å².